The Hall–Kier alpha value is -2.10. The van der Waals surface area contributed by atoms with Crippen LogP contribution in [-0.2, 0) is 14.5 Å². The Morgan fingerprint density at radius 2 is 2.62 bits per heavy atom. The van der Waals surface area contributed by atoms with Crippen molar-refractivity contribution in [1.29, 1.82) is 5.26 Å². The summed E-state index contributed by atoms with van der Waals surface area (Å²) in [6.07, 6.45) is 0.707. The predicted octanol–water partition coefficient (Wildman–Crippen LogP) is -0.207. The van der Waals surface area contributed by atoms with Gasteiger partial charge in [0.25, 0.3) is 5.91 Å². The van der Waals surface area contributed by atoms with Crippen molar-refractivity contribution in [2.24, 2.45) is 10.3 Å². The number of rotatable bonds is 4. The van der Waals surface area contributed by atoms with Crippen LogP contribution in [-0.4, -0.2) is 37.1 Å². The van der Waals surface area contributed by atoms with Crippen molar-refractivity contribution in [3.05, 3.63) is 0 Å². The number of hydrogen-bond acceptors (Lipinski definition) is 6. The third-order valence-electron chi connectivity index (χ3n) is 1.84. The fourth-order valence-electron chi connectivity index (χ4n) is 1.15. The van der Waals surface area contributed by atoms with E-state index in [1.165, 1.54) is 7.11 Å². The van der Waals surface area contributed by atoms with Gasteiger partial charge in [-0.3, -0.25) is 4.79 Å². The maximum absolute atomic E-state index is 11.4. The maximum Gasteiger partial charge on any atom is 0.284 e. The van der Waals surface area contributed by atoms with E-state index in [-0.39, 0.29) is 18.4 Å². The zero-order valence-corrected chi connectivity index (χ0v) is 9.06. The van der Waals surface area contributed by atoms with E-state index in [0.29, 0.717) is 6.42 Å². The monoisotopic (exact) mass is 224 g/mol. The number of nitriles is 1. The van der Waals surface area contributed by atoms with Gasteiger partial charge in [0.2, 0.25) is 5.71 Å². The average Bonchev–Trinajstić information content (AvgIpc) is 2.68. The first-order valence-electron chi connectivity index (χ1n) is 4.68. The predicted molar refractivity (Wildman–Crippen MR) is 55.7 cm³/mol. The van der Waals surface area contributed by atoms with Crippen molar-refractivity contribution in [1.82, 2.24) is 5.32 Å². The molecule has 0 aromatic rings. The summed E-state index contributed by atoms with van der Waals surface area (Å²) in [5.41, 5.74) is 0.408. The molecule has 1 aliphatic heterocycles. The quantitative estimate of drug-likeness (QED) is 0.528. The molecule has 1 rings (SSSR count). The summed E-state index contributed by atoms with van der Waals surface area (Å²) in [5, 5.41) is 18.1. The lowest BCUT2D eigenvalue weighted by Gasteiger charge is -2.01. The van der Waals surface area contributed by atoms with Gasteiger partial charge in [-0.25, -0.2) is 0 Å². The van der Waals surface area contributed by atoms with E-state index in [4.69, 9.17) is 10.1 Å². The van der Waals surface area contributed by atoms with Crippen LogP contribution in [0, 0.1) is 11.3 Å². The van der Waals surface area contributed by atoms with Crippen LogP contribution in [0.2, 0.25) is 0 Å². The van der Waals surface area contributed by atoms with E-state index >= 15 is 0 Å². The van der Waals surface area contributed by atoms with Crippen LogP contribution in [0.3, 0.4) is 0 Å². The van der Waals surface area contributed by atoms with Crippen LogP contribution in [0.15, 0.2) is 10.3 Å². The van der Waals surface area contributed by atoms with Gasteiger partial charge in [0.05, 0.1) is 12.3 Å². The van der Waals surface area contributed by atoms with Crippen LogP contribution < -0.4 is 5.32 Å². The molecule has 1 unspecified atom stereocenters. The largest absolute Gasteiger partial charge is 0.398 e. The summed E-state index contributed by atoms with van der Waals surface area (Å²) >= 11 is 0. The second-order valence-corrected chi connectivity index (χ2v) is 3.19. The van der Waals surface area contributed by atoms with Gasteiger partial charge in [0, 0.05) is 6.42 Å². The van der Waals surface area contributed by atoms with E-state index in [9.17, 15) is 4.79 Å². The molecule has 0 aromatic heterocycles. The van der Waals surface area contributed by atoms with Crippen LogP contribution in [0.4, 0.5) is 0 Å². The van der Waals surface area contributed by atoms with E-state index in [1.807, 2.05) is 6.92 Å². The minimum atomic E-state index is -0.591. The Morgan fingerprint density at radius 1 is 1.88 bits per heavy atom. The third-order valence-corrected chi connectivity index (χ3v) is 1.84. The fraction of sp³-hybridized carbons (Fsp3) is 0.556. The average molecular weight is 224 g/mol. The molecule has 0 bridgehead atoms. The molecule has 0 saturated carbocycles. The molecule has 16 heavy (non-hydrogen) atoms. The molecule has 7 nitrogen and oxygen atoms in total. The molecule has 7 heteroatoms. The second kappa shape index (κ2) is 5.70. The third kappa shape index (κ3) is 3.24. The van der Waals surface area contributed by atoms with Gasteiger partial charge in [0.1, 0.15) is 19.3 Å². The molecular formula is C9H12N4O3. The zero-order valence-electron chi connectivity index (χ0n) is 9.06. The van der Waals surface area contributed by atoms with Gasteiger partial charge in [-0.1, -0.05) is 10.3 Å². The summed E-state index contributed by atoms with van der Waals surface area (Å²) in [4.78, 5) is 20.7. The number of nitrogens with one attached hydrogen (secondary N) is 1. The minimum Gasteiger partial charge on any atom is -0.398 e. The lowest BCUT2D eigenvalue weighted by Crippen LogP contribution is -2.34. The topological polar surface area (TPSA) is 96.1 Å². The van der Waals surface area contributed by atoms with E-state index < -0.39 is 5.91 Å². The van der Waals surface area contributed by atoms with Crippen LogP contribution >= 0.6 is 0 Å². The first-order chi connectivity index (χ1) is 7.67. The zero-order chi connectivity index (χ0) is 12.0. The van der Waals surface area contributed by atoms with Crippen molar-refractivity contribution < 1.29 is 14.5 Å². The summed E-state index contributed by atoms with van der Waals surface area (Å²) < 4.78 is 0. The maximum atomic E-state index is 11.4. The van der Waals surface area contributed by atoms with Crippen molar-refractivity contribution >= 4 is 17.3 Å². The molecule has 1 heterocycles. The molecule has 1 amide bonds. The highest BCUT2D eigenvalue weighted by Crippen LogP contribution is 2.08. The first kappa shape index (κ1) is 12.0. The van der Waals surface area contributed by atoms with Crippen LogP contribution in [0.25, 0.3) is 0 Å². The summed E-state index contributed by atoms with van der Waals surface area (Å²) in [7, 11) is 1.27. The normalized spacial score (nSPS) is 19.4. The van der Waals surface area contributed by atoms with Crippen molar-refractivity contribution in [2.45, 2.75) is 19.4 Å². The molecule has 0 saturated heterocycles. The SMILES string of the molecule is CO/N=C(\C#N)C(=O)NCC1=NOC(C)C1. The number of carbonyl (C=O) groups excluding carboxylic acids is 1. The van der Waals surface area contributed by atoms with E-state index in [2.05, 4.69) is 20.5 Å². The van der Waals surface area contributed by atoms with Gasteiger partial charge in [-0.15, -0.1) is 0 Å². The molecule has 0 aliphatic carbocycles. The molecule has 0 radical (unpaired) electrons. The molecule has 0 fully saturated rings. The van der Waals surface area contributed by atoms with Crippen LogP contribution in [0.1, 0.15) is 13.3 Å². The fourth-order valence-corrected chi connectivity index (χ4v) is 1.15. The van der Waals surface area contributed by atoms with Gasteiger partial charge in [-0.2, -0.15) is 5.26 Å². The number of nitrogens with zero attached hydrogens (tertiary/aromatic N) is 3. The Kier molecular flexibility index (Phi) is 4.27. The number of hydrogen-bond donors (Lipinski definition) is 1. The van der Waals surface area contributed by atoms with Crippen LogP contribution in [0.5, 0.6) is 0 Å². The highest BCUT2D eigenvalue weighted by molar-refractivity contribution is 6.45. The van der Waals surface area contributed by atoms with Gasteiger partial charge in [0.15, 0.2) is 0 Å². The first-order valence-corrected chi connectivity index (χ1v) is 4.68. The van der Waals surface area contributed by atoms with Gasteiger partial charge >= 0.3 is 0 Å². The number of amides is 1. The molecule has 1 atom stereocenters. The van der Waals surface area contributed by atoms with Crippen molar-refractivity contribution in [2.75, 3.05) is 13.7 Å². The highest BCUT2D eigenvalue weighted by atomic mass is 16.6. The molecule has 0 spiro atoms. The van der Waals surface area contributed by atoms with Gasteiger partial charge < -0.3 is 15.0 Å². The van der Waals surface area contributed by atoms with E-state index in [1.54, 1.807) is 6.07 Å². The lowest BCUT2D eigenvalue weighted by molar-refractivity contribution is -0.114. The summed E-state index contributed by atoms with van der Waals surface area (Å²) in [5.74, 6) is -0.591. The Bertz CT molecular complexity index is 369. The Labute approximate surface area is 92.7 Å². The molecule has 86 valence electrons. The second-order valence-electron chi connectivity index (χ2n) is 3.19. The smallest absolute Gasteiger partial charge is 0.284 e. The number of oxime groups is 2. The Balaban J connectivity index is 2.41. The van der Waals surface area contributed by atoms with Crippen molar-refractivity contribution in [3.63, 3.8) is 0 Å². The Morgan fingerprint density at radius 3 is 3.12 bits per heavy atom. The molecule has 0 aromatic carbocycles. The van der Waals surface area contributed by atoms with Gasteiger partial charge in [-0.05, 0) is 6.92 Å². The number of carbonyl (C=O) groups is 1. The molecular weight excluding hydrogens is 212 g/mol. The lowest BCUT2D eigenvalue weighted by atomic mass is 10.2. The standard InChI is InChI=1S/C9H12N4O3/c1-6-3-7(12-16-6)5-11-9(14)8(4-10)13-15-2/h6H,3,5H2,1-2H3,(H,11,14)/b13-8+. The molecule has 1 N–H and O–H groups in total. The highest BCUT2D eigenvalue weighted by Gasteiger charge is 2.18. The van der Waals surface area contributed by atoms with E-state index in [0.717, 1.165) is 5.71 Å². The summed E-state index contributed by atoms with van der Waals surface area (Å²) in [6, 6.07) is 1.63. The summed E-state index contributed by atoms with van der Waals surface area (Å²) in [6.45, 7) is 2.12. The van der Waals surface area contributed by atoms with Crippen molar-refractivity contribution in [3.8, 4) is 6.07 Å². The minimum absolute atomic E-state index is 0.0370. The molecule has 1 aliphatic rings.